The lowest BCUT2D eigenvalue weighted by Gasteiger charge is -2.10. The molecule has 1 aromatic rings. The summed E-state index contributed by atoms with van der Waals surface area (Å²) in [4.78, 5) is 22.0. The molecule has 0 aliphatic carbocycles. The third-order valence-corrected chi connectivity index (χ3v) is 3.42. The van der Waals surface area contributed by atoms with Crippen LogP contribution in [0.2, 0.25) is 0 Å². The first-order valence-electron chi connectivity index (χ1n) is 5.08. The minimum atomic E-state index is -0.990. The molecule has 0 aliphatic heterocycles. The van der Waals surface area contributed by atoms with E-state index >= 15 is 0 Å². The van der Waals surface area contributed by atoms with Gasteiger partial charge in [-0.15, -0.1) is 11.8 Å². The number of rotatable bonds is 6. The molecule has 1 N–H and O–H groups in total. The Morgan fingerprint density at radius 1 is 1.35 bits per heavy atom. The summed E-state index contributed by atoms with van der Waals surface area (Å²) in [5.41, 5.74) is 1.04. The van der Waals surface area contributed by atoms with E-state index in [0.717, 1.165) is 5.56 Å². The van der Waals surface area contributed by atoms with Crippen LogP contribution in [0.15, 0.2) is 30.3 Å². The fourth-order valence-corrected chi connectivity index (χ4v) is 2.21. The predicted octanol–water partition coefficient (Wildman–Crippen LogP) is 1.94. The Kier molecular flexibility index (Phi) is 5.56. The number of benzene rings is 1. The fourth-order valence-electron chi connectivity index (χ4n) is 1.22. The first-order valence-corrected chi connectivity index (χ1v) is 6.13. The Balaban J connectivity index is 2.50. The third kappa shape index (κ3) is 4.91. The number of carboxylic acid groups (broad SMARTS) is 1. The van der Waals surface area contributed by atoms with Crippen molar-refractivity contribution in [3.63, 3.8) is 0 Å². The highest BCUT2D eigenvalue weighted by Crippen LogP contribution is 2.20. The lowest BCUT2D eigenvalue weighted by Crippen LogP contribution is -2.21. The molecule has 92 valence electrons. The largest absolute Gasteiger partial charge is 0.480 e. The number of esters is 1. The second kappa shape index (κ2) is 6.96. The van der Waals surface area contributed by atoms with Crippen LogP contribution in [-0.4, -0.2) is 29.4 Å². The van der Waals surface area contributed by atoms with Gasteiger partial charge in [0.15, 0.2) is 0 Å². The molecular formula is C12H14O4S. The minimum Gasteiger partial charge on any atom is -0.480 e. The quantitative estimate of drug-likeness (QED) is 0.786. The van der Waals surface area contributed by atoms with Gasteiger partial charge in [0.25, 0.3) is 0 Å². The summed E-state index contributed by atoms with van der Waals surface area (Å²) < 4.78 is 4.47. The van der Waals surface area contributed by atoms with Crippen LogP contribution >= 0.6 is 11.8 Å². The molecule has 0 saturated heterocycles. The van der Waals surface area contributed by atoms with Crippen molar-refractivity contribution in [3.8, 4) is 0 Å². The van der Waals surface area contributed by atoms with Gasteiger partial charge in [-0.2, -0.15) is 0 Å². The van der Waals surface area contributed by atoms with Gasteiger partial charge in [0.05, 0.1) is 13.5 Å². The van der Waals surface area contributed by atoms with E-state index in [-0.39, 0.29) is 6.42 Å². The average Bonchev–Trinajstić information content (AvgIpc) is 2.35. The molecule has 0 spiro atoms. The normalized spacial score (nSPS) is 11.8. The van der Waals surface area contributed by atoms with Crippen molar-refractivity contribution >= 4 is 23.7 Å². The van der Waals surface area contributed by atoms with Gasteiger partial charge in [0.1, 0.15) is 5.25 Å². The summed E-state index contributed by atoms with van der Waals surface area (Å²) in [7, 11) is 1.25. The second-order valence-electron chi connectivity index (χ2n) is 3.40. The maximum Gasteiger partial charge on any atom is 0.317 e. The van der Waals surface area contributed by atoms with Crippen LogP contribution in [0.25, 0.3) is 0 Å². The molecule has 4 nitrogen and oxygen atoms in total. The van der Waals surface area contributed by atoms with Crippen molar-refractivity contribution < 1.29 is 19.4 Å². The zero-order valence-corrected chi connectivity index (χ0v) is 10.3. The number of carbonyl (C=O) groups is 2. The Labute approximate surface area is 104 Å². The van der Waals surface area contributed by atoms with Crippen LogP contribution in [-0.2, 0) is 20.1 Å². The number of hydrogen-bond donors (Lipinski definition) is 1. The second-order valence-corrected chi connectivity index (χ2v) is 4.59. The lowest BCUT2D eigenvalue weighted by atomic mass is 10.2. The Morgan fingerprint density at radius 3 is 2.53 bits per heavy atom. The molecule has 1 aromatic carbocycles. The van der Waals surface area contributed by atoms with Gasteiger partial charge in [-0.25, -0.2) is 0 Å². The monoisotopic (exact) mass is 254 g/mol. The summed E-state index contributed by atoms with van der Waals surface area (Å²) in [6, 6.07) is 9.53. The molecule has 0 fully saturated rings. The van der Waals surface area contributed by atoms with E-state index in [4.69, 9.17) is 5.11 Å². The van der Waals surface area contributed by atoms with E-state index < -0.39 is 17.2 Å². The number of hydrogen-bond acceptors (Lipinski definition) is 4. The first-order chi connectivity index (χ1) is 8.13. The summed E-state index contributed by atoms with van der Waals surface area (Å²) in [6.45, 7) is 0. The molecule has 17 heavy (non-hydrogen) atoms. The van der Waals surface area contributed by atoms with Gasteiger partial charge in [-0.05, 0) is 5.56 Å². The topological polar surface area (TPSA) is 63.6 Å². The molecule has 5 heteroatoms. The Hall–Kier alpha value is -1.49. The highest BCUT2D eigenvalue weighted by Gasteiger charge is 2.22. The van der Waals surface area contributed by atoms with Gasteiger partial charge in [-0.3, -0.25) is 9.59 Å². The molecule has 0 radical (unpaired) electrons. The molecular weight excluding hydrogens is 240 g/mol. The summed E-state index contributed by atoms with van der Waals surface area (Å²) in [5, 5.41) is 8.21. The zero-order chi connectivity index (χ0) is 12.7. The zero-order valence-electron chi connectivity index (χ0n) is 9.46. The van der Waals surface area contributed by atoms with E-state index in [0.29, 0.717) is 5.75 Å². The summed E-state index contributed by atoms with van der Waals surface area (Å²) in [5.74, 6) is -0.927. The smallest absolute Gasteiger partial charge is 0.317 e. The number of carboxylic acids is 1. The Bertz CT molecular complexity index is 377. The van der Waals surface area contributed by atoms with Crippen molar-refractivity contribution in [2.75, 3.05) is 7.11 Å². The van der Waals surface area contributed by atoms with Crippen molar-refractivity contribution in [2.24, 2.45) is 0 Å². The molecule has 0 bridgehead atoms. The maximum absolute atomic E-state index is 11.0. The van der Waals surface area contributed by atoms with Gasteiger partial charge in [0.2, 0.25) is 0 Å². The Morgan fingerprint density at radius 2 is 2.00 bits per heavy atom. The highest BCUT2D eigenvalue weighted by molar-refractivity contribution is 7.99. The average molecular weight is 254 g/mol. The molecule has 0 unspecified atom stereocenters. The standard InChI is InChI=1S/C12H14O4S/c1-16-11(13)7-10(12(14)15)17-8-9-5-3-2-4-6-9/h2-6,10H,7-8H2,1H3,(H,14,15)/t10-/m0/s1. The number of thioether (sulfide) groups is 1. The van der Waals surface area contributed by atoms with Gasteiger partial charge < -0.3 is 9.84 Å². The molecule has 1 atom stereocenters. The predicted molar refractivity (Wildman–Crippen MR) is 65.8 cm³/mol. The third-order valence-electron chi connectivity index (χ3n) is 2.15. The van der Waals surface area contributed by atoms with Crippen molar-refractivity contribution in [1.29, 1.82) is 0 Å². The first kappa shape index (κ1) is 13.6. The van der Waals surface area contributed by atoms with E-state index in [2.05, 4.69) is 4.74 Å². The SMILES string of the molecule is COC(=O)C[C@H](SCc1ccccc1)C(=O)O. The van der Waals surface area contributed by atoms with Gasteiger partial charge >= 0.3 is 11.9 Å². The van der Waals surface area contributed by atoms with E-state index in [9.17, 15) is 9.59 Å². The van der Waals surface area contributed by atoms with Crippen molar-refractivity contribution in [1.82, 2.24) is 0 Å². The summed E-state index contributed by atoms with van der Waals surface area (Å²) in [6.07, 6.45) is -0.108. The van der Waals surface area contributed by atoms with Crippen LogP contribution < -0.4 is 0 Å². The maximum atomic E-state index is 11.0. The van der Waals surface area contributed by atoms with Crippen molar-refractivity contribution in [3.05, 3.63) is 35.9 Å². The molecule has 0 heterocycles. The number of carbonyl (C=O) groups excluding carboxylic acids is 1. The van der Waals surface area contributed by atoms with Crippen LogP contribution in [0.3, 0.4) is 0 Å². The minimum absolute atomic E-state index is 0.108. The molecule has 0 amide bonds. The molecule has 0 saturated carbocycles. The van der Waals surface area contributed by atoms with Crippen LogP contribution in [0, 0.1) is 0 Å². The summed E-state index contributed by atoms with van der Waals surface area (Å²) >= 11 is 1.23. The number of methoxy groups -OCH3 is 1. The van der Waals surface area contributed by atoms with E-state index in [1.54, 1.807) is 0 Å². The fraction of sp³-hybridized carbons (Fsp3) is 0.333. The lowest BCUT2D eigenvalue weighted by molar-refractivity contribution is -0.145. The number of ether oxygens (including phenoxy) is 1. The van der Waals surface area contributed by atoms with Gasteiger partial charge in [0, 0.05) is 5.75 Å². The highest BCUT2D eigenvalue weighted by atomic mass is 32.2. The van der Waals surface area contributed by atoms with Crippen molar-refractivity contribution in [2.45, 2.75) is 17.4 Å². The molecule has 0 aliphatic rings. The molecule has 0 aromatic heterocycles. The van der Waals surface area contributed by atoms with Crippen LogP contribution in [0.4, 0.5) is 0 Å². The van der Waals surface area contributed by atoms with Crippen LogP contribution in [0.5, 0.6) is 0 Å². The number of aliphatic carboxylic acids is 1. The van der Waals surface area contributed by atoms with E-state index in [1.807, 2.05) is 30.3 Å². The van der Waals surface area contributed by atoms with Gasteiger partial charge in [-0.1, -0.05) is 30.3 Å². The van der Waals surface area contributed by atoms with Crippen LogP contribution in [0.1, 0.15) is 12.0 Å². The molecule has 1 rings (SSSR count). The van der Waals surface area contributed by atoms with E-state index in [1.165, 1.54) is 18.9 Å².